The molecule has 3 aromatic rings. The maximum absolute atomic E-state index is 13.2. The third kappa shape index (κ3) is 4.38. The first-order valence-corrected chi connectivity index (χ1v) is 9.58. The van der Waals surface area contributed by atoms with Crippen molar-refractivity contribution < 1.29 is 13.6 Å². The van der Waals surface area contributed by atoms with Crippen molar-refractivity contribution in [3.63, 3.8) is 0 Å². The molecule has 0 spiro atoms. The van der Waals surface area contributed by atoms with Crippen LogP contribution in [-0.2, 0) is 4.79 Å². The normalized spacial score (nSPS) is 10.7. The van der Waals surface area contributed by atoms with Crippen molar-refractivity contribution in [2.24, 2.45) is 0 Å². The maximum Gasteiger partial charge on any atom is 0.234 e. The fraction of sp³-hybridized carbons (Fsp3) is 0.125. The fourth-order valence-electron chi connectivity index (χ4n) is 2.10. The van der Waals surface area contributed by atoms with E-state index in [-0.39, 0.29) is 11.7 Å². The molecule has 0 aliphatic rings. The smallest absolute Gasteiger partial charge is 0.234 e. The molecule has 0 saturated heterocycles. The van der Waals surface area contributed by atoms with Gasteiger partial charge in [0.25, 0.3) is 0 Å². The highest BCUT2D eigenvalue weighted by Crippen LogP contribution is 2.22. The molecule has 1 N–H and O–H groups in total. The Bertz CT molecular complexity index is 935. The van der Waals surface area contributed by atoms with Gasteiger partial charge in [-0.25, -0.2) is 8.78 Å². The van der Waals surface area contributed by atoms with E-state index in [0.29, 0.717) is 21.4 Å². The van der Waals surface area contributed by atoms with E-state index in [0.717, 1.165) is 23.9 Å². The van der Waals surface area contributed by atoms with E-state index in [2.05, 4.69) is 20.8 Å². The molecule has 0 aliphatic heterocycles. The predicted octanol–water partition coefficient (Wildman–Crippen LogP) is 3.39. The molecule has 0 radical (unpaired) electrons. The van der Waals surface area contributed by atoms with Crippen molar-refractivity contribution >= 4 is 35.1 Å². The summed E-state index contributed by atoms with van der Waals surface area (Å²) in [5.74, 6) is -2.05. The van der Waals surface area contributed by atoms with Crippen LogP contribution in [0.2, 0.25) is 0 Å². The minimum atomic E-state index is -0.936. The molecule has 0 saturated carbocycles. The van der Waals surface area contributed by atoms with Crippen molar-refractivity contribution in [1.29, 1.82) is 0 Å². The van der Waals surface area contributed by atoms with Gasteiger partial charge in [0.2, 0.25) is 11.1 Å². The van der Waals surface area contributed by atoms with E-state index >= 15 is 0 Å². The van der Waals surface area contributed by atoms with E-state index in [9.17, 15) is 13.6 Å². The number of rotatable bonds is 6. The zero-order valence-electron chi connectivity index (χ0n) is 13.5. The van der Waals surface area contributed by atoms with Crippen LogP contribution in [0, 0.1) is 11.6 Å². The Hall–Kier alpha value is -2.46. The highest BCUT2D eigenvalue weighted by molar-refractivity contribution is 8.00. The van der Waals surface area contributed by atoms with Crippen LogP contribution < -0.4 is 5.32 Å². The first kappa shape index (κ1) is 18.3. The number of aromatic nitrogens is 4. The average Bonchev–Trinajstić information content (AvgIpc) is 3.12. The summed E-state index contributed by atoms with van der Waals surface area (Å²) in [6.07, 6.45) is 1.86. The fourth-order valence-corrected chi connectivity index (χ4v) is 3.25. The molecule has 0 unspecified atom stereocenters. The standard InChI is InChI=1S/C16H13F2N5OS2/c1-25-16-20-21-22-23(16)11-4-2-3-10(7-11)19-15(24)9-26-12-5-6-13(17)14(18)8-12/h2-8H,9H2,1H3,(H,19,24). The second-order valence-electron chi connectivity index (χ2n) is 5.04. The van der Waals surface area contributed by atoms with Gasteiger partial charge in [-0.1, -0.05) is 17.8 Å². The molecule has 10 heteroatoms. The molecule has 134 valence electrons. The molecule has 1 heterocycles. The molecule has 1 amide bonds. The minimum Gasteiger partial charge on any atom is -0.325 e. The lowest BCUT2D eigenvalue weighted by molar-refractivity contribution is -0.113. The van der Waals surface area contributed by atoms with Gasteiger partial charge in [-0.15, -0.1) is 16.9 Å². The first-order valence-electron chi connectivity index (χ1n) is 7.37. The van der Waals surface area contributed by atoms with Gasteiger partial charge in [0, 0.05) is 10.6 Å². The minimum absolute atomic E-state index is 0.0657. The number of tetrazole rings is 1. The number of nitrogens with zero attached hydrogens (tertiary/aromatic N) is 4. The van der Waals surface area contributed by atoms with Crippen LogP contribution in [0.3, 0.4) is 0 Å². The molecule has 0 aliphatic carbocycles. The summed E-state index contributed by atoms with van der Waals surface area (Å²) in [5, 5.41) is 14.8. The molecule has 0 atom stereocenters. The zero-order chi connectivity index (χ0) is 18.5. The molecule has 3 rings (SSSR count). The predicted molar refractivity (Wildman–Crippen MR) is 96.6 cm³/mol. The SMILES string of the molecule is CSc1nnnn1-c1cccc(NC(=O)CSc2ccc(F)c(F)c2)c1. The summed E-state index contributed by atoms with van der Waals surface area (Å²) in [4.78, 5) is 12.6. The van der Waals surface area contributed by atoms with Gasteiger partial charge >= 0.3 is 0 Å². The van der Waals surface area contributed by atoms with Gasteiger partial charge in [0.1, 0.15) is 0 Å². The Kier molecular flexibility index (Phi) is 5.84. The number of carbonyl (C=O) groups excluding carboxylic acids is 1. The molecule has 26 heavy (non-hydrogen) atoms. The Morgan fingerprint density at radius 3 is 2.81 bits per heavy atom. The van der Waals surface area contributed by atoms with Crippen LogP contribution in [0.5, 0.6) is 0 Å². The van der Waals surface area contributed by atoms with Crippen LogP contribution >= 0.6 is 23.5 Å². The van der Waals surface area contributed by atoms with Crippen LogP contribution in [0.25, 0.3) is 5.69 Å². The highest BCUT2D eigenvalue weighted by Gasteiger charge is 2.10. The van der Waals surface area contributed by atoms with Gasteiger partial charge in [0.05, 0.1) is 11.4 Å². The van der Waals surface area contributed by atoms with Gasteiger partial charge in [-0.05, 0) is 53.1 Å². The number of anilines is 1. The highest BCUT2D eigenvalue weighted by atomic mass is 32.2. The number of benzene rings is 2. The lowest BCUT2D eigenvalue weighted by Gasteiger charge is -2.08. The largest absolute Gasteiger partial charge is 0.325 e. The van der Waals surface area contributed by atoms with Crippen molar-refractivity contribution in [2.75, 3.05) is 17.3 Å². The summed E-state index contributed by atoms with van der Waals surface area (Å²) in [6, 6.07) is 10.6. The Balaban J connectivity index is 1.64. The van der Waals surface area contributed by atoms with Gasteiger partial charge in [-0.3, -0.25) is 4.79 Å². The van der Waals surface area contributed by atoms with Crippen molar-refractivity contribution in [3.05, 3.63) is 54.1 Å². The number of amides is 1. The lowest BCUT2D eigenvalue weighted by Crippen LogP contribution is -2.14. The van der Waals surface area contributed by atoms with Crippen LogP contribution in [-0.4, -0.2) is 38.1 Å². The molecular formula is C16H13F2N5OS2. The van der Waals surface area contributed by atoms with Gasteiger partial charge in [0.15, 0.2) is 11.6 Å². The van der Waals surface area contributed by atoms with Crippen LogP contribution in [0.1, 0.15) is 0 Å². The van der Waals surface area contributed by atoms with Crippen LogP contribution in [0.4, 0.5) is 14.5 Å². The number of halogens is 2. The summed E-state index contributed by atoms with van der Waals surface area (Å²) < 4.78 is 27.7. The Morgan fingerprint density at radius 2 is 2.04 bits per heavy atom. The Labute approximate surface area is 156 Å². The van der Waals surface area contributed by atoms with Gasteiger partial charge < -0.3 is 5.32 Å². The second kappa shape index (κ2) is 8.28. The molecule has 2 aromatic carbocycles. The number of hydrogen-bond acceptors (Lipinski definition) is 6. The topological polar surface area (TPSA) is 72.7 Å². The van der Waals surface area contributed by atoms with Crippen molar-refractivity contribution in [2.45, 2.75) is 10.1 Å². The number of thioether (sulfide) groups is 2. The summed E-state index contributed by atoms with van der Waals surface area (Å²) >= 11 is 2.52. The molecular weight excluding hydrogens is 380 g/mol. The summed E-state index contributed by atoms with van der Waals surface area (Å²) in [5.41, 5.74) is 1.30. The quantitative estimate of drug-likeness (QED) is 0.647. The summed E-state index contributed by atoms with van der Waals surface area (Å²) in [7, 11) is 0. The Morgan fingerprint density at radius 1 is 1.19 bits per heavy atom. The van der Waals surface area contributed by atoms with Crippen molar-refractivity contribution in [1.82, 2.24) is 20.2 Å². The van der Waals surface area contributed by atoms with Crippen molar-refractivity contribution in [3.8, 4) is 5.69 Å². The summed E-state index contributed by atoms with van der Waals surface area (Å²) in [6.45, 7) is 0. The van der Waals surface area contributed by atoms with E-state index in [1.165, 1.54) is 17.8 Å². The second-order valence-corrected chi connectivity index (χ2v) is 6.86. The number of hydrogen-bond donors (Lipinski definition) is 1. The number of nitrogens with one attached hydrogen (secondary N) is 1. The third-order valence-electron chi connectivity index (χ3n) is 3.26. The maximum atomic E-state index is 13.2. The third-order valence-corrected chi connectivity index (χ3v) is 4.87. The first-order chi connectivity index (χ1) is 12.6. The molecule has 1 aromatic heterocycles. The van der Waals surface area contributed by atoms with E-state index < -0.39 is 11.6 Å². The monoisotopic (exact) mass is 393 g/mol. The van der Waals surface area contributed by atoms with E-state index in [4.69, 9.17) is 0 Å². The van der Waals surface area contributed by atoms with Gasteiger partial charge in [-0.2, -0.15) is 4.68 Å². The zero-order valence-corrected chi connectivity index (χ0v) is 15.2. The van der Waals surface area contributed by atoms with Crippen LogP contribution in [0.15, 0.2) is 52.5 Å². The average molecular weight is 393 g/mol. The molecule has 6 nitrogen and oxygen atoms in total. The van der Waals surface area contributed by atoms with E-state index in [1.807, 2.05) is 12.3 Å². The molecule has 0 fully saturated rings. The van der Waals surface area contributed by atoms with E-state index in [1.54, 1.807) is 22.9 Å². The molecule has 0 bridgehead atoms. The lowest BCUT2D eigenvalue weighted by atomic mass is 10.3. The number of carbonyl (C=O) groups is 1.